The van der Waals surface area contributed by atoms with Crippen LogP contribution in [0.15, 0.2) is 12.3 Å². The molecule has 0 aromatic carbocycles. The van der Waals surface area contributed by atoms with E-state index in [1.165, 1.54) is 0 Å². The summed E-state index contributed by atoms with van der Waals surface area (Å²) < 4.78 is 12.0. The molecular formula is C16H23BN4O2. The highest BCUT2D eigenvalue weighted by Crippen LogP contribution is 2.36. The molecule has 0 saturated carbocycles. The predicted molar refractivity (Wildman–Crippen MR) is 89.6 cm³/mol. The molecule has 2 saturated heterocycles. The second-order valence-corrected chi connectivity index (χ2v) is 7.20. The minimum absolute atomic E-state index is 0.317. The topological polar surface area (TPSA) is 79.2 Å². The summed E-state index contributed by atoms with van der Waals surface area (Å²) in [6.07, 6.45) is 2.76. The molecule has 7 heteroatoms. The third-order valence-corrected chi connectivity index (χ3v) is 4.96. The van der Waals surface area contributed by atoms with E-state index in [1.54, 1.807) is 12.3 Å². The van der Waals surface area contributed by atoms with Gasteiger partial charge in [-0.25, -0.2) is 4.98 Å². The molecule has 2 aliphatic heterocycles. The summed E-state index contributed by atoms with van der Waals surface area (Å²) >= 11 is 0. The zero-order valence-corrected chi connectivity index (χ0v) is 14.1. The normalized spacial score (nSPS) is 25.3. The molecule has 2 N–H and O–H groups in total. The van der Waals surface area contributed by atoms with Crippen LogP contribution >= 0.6 is 0 Å². The summed E-state index contributed by atoms with van der Waals surface area (Å²) in [4.78, 5) is 4.43. The van der Waals surface area contributed by atoms with Crippen molar-refractivity contribution in [3.63, 3.8) is 0 Å². The van der Waals surface area contributed by atoms with Gasteiger partial charge in [-0.05, 0) is 46.7 Å². The van der Waals surface area contributed by atoms with Gasteiger partial charge < -0.3 is 19.9 Å². The van der Waals surface area contributed by atoms with Gasteiger partial charge >= 0.3 is 7.12 Å². The molecule has 0 bridgehead atoms. The second kappa shape index (κ2) is 5.79. The molecule has 0 spiro atoms. The van der Waals surface area contributed by atoms with E-state index in [9.17, 15) is 5.26 Å². The van der Waals surface area contributed by atoms with Crippen molar-refractivity contribution < 1.29 is 9.31 Å². The number of nitrogens with zero attached hydrogens (tertiary/aromatic N) is 2. The maximum atomic E-state index is 9.44. The molecule has 1 atom stereocenters. The Bertz CT molecular complexity index is 619. The van der Waals surface area contributed by atoms with Crippen LogP contribution in [0.5, 0.6) is 0 Å². The van der Waals surface area contributed by atoms with Crippen LogP contribution in [-0.4, -0.2) is 42.4 Å². The van der Waals surface area contributed by atoms with Crippen molar-refractivity contribution in [1.82, 2.24) is 10.3 Å². The lowest BCUT2D eigenvalue weighted by Gasteiger charge is -2.32. The average Bonchev–Trinajstić information content (AvgIpc) is 3.06. The van der Waals surface area contributed by atoms with Crippen molar-refractivity contribution in [3.05, 3.63) is 17.8 Å². The first-order valence-corrected chi connectivity index (χ1v) is 8.05. The number of anilines is 1. The molecule has 1 unspecified atom stereocenters. The zero-order valence-electron chi connectivity index (χ0n) is 14.1. The van der Waals surface area contributed by atoms with Crippen molar-refractivity contribution in [1.29, 1.82) is 5.26 Å². The van der Waals surface area contributed by atoms with E-state index in [0.717, 1.165) is 25.0 Å². The molecular weight excluding hydrogens is 291 g/mol. The van der Waals surface area contributed by atoms with Crippen LogP contribution in [0.2, 0.25) is 0 Å². The predicted octanol–water partition coefficient (Wildman–Crippen LogP) is 1.03. The Labute approximate surface area is 137 Å². The van der Waals surface area contributed by atoms with Crippen LogP contribution in [0.4, 0.5) is 5.82 Å². The first-order valence-electron chi connectivity index (χ1n) is 8.05. The van der Waals surface area contributed by atoms with Gasteiger partial charge in [-0.1, -0.05) is 0 Å². The number of nitrogens with one attached hydrogen (secondary N) is 2. The maximum absolute atomic E-state index is 9.44. The number of hydrogen-bond acceptors (Lipinski definition) is 6. The molecule has 23 heavy (non-hydrogen) atoms. The van der Waals surface area contributed by atoms with Crippen molar-refractivity contribution in [2.75, 3.05) is 18.4 Å². The fourth-order valence-corrected chi connectivity index (χ4v) is 2.76. The van der Waals surface area contributed by atoms with Crippen molar-refractivity contribution in [3.8, 4) is 6.07 Å². The van der Waals surface area contributed by atoms with E-state index >= 15 is 0 Å². The van der Waals surface area contributed by atoms with E-state index in [1.807, 2.05) is 27.7 Å². The van der Waals surface area contributed by atoms with E-state index in [2.05, 4.69) is 21.7 Å². The van der Waals surface area contributed by atoms with E-state index in [4.69, 9.17) is 9.31 Å². The minimum atomic E-state index is -0.498. The van der Waals surface area contributed by atoms with Gasteiger partial charge in [-0.3, -0.25) is 0 Å². The lowest BCUT2D eigenvalue weighted by atomic mass is 9.79. The lowest BCUT2D eigenvalue weighted by molar-refractivity contribution is 0.00578. The summed E-state index contributed by atoms with van der Waals surface area (Å²) in [6, 6.07) is 4.34. The Hall–Kier alpha value is -1.62. The smallest absolute Gasteiger partial charge is 0.399 e. The number of aromatic nitrogens is 1. The van der Waals surface area contributed by atoms with E-state index in [-0.39, 0.29) is 0 Å². The highest BCUT2D eigenvalue weighted by atomic mass is 16.7. The summed E-state index contributed by atoms with van der Waals surface area (Å²) in [6.45, 7) is 9.92. The van der Waals surface area contributed by atoms with Crippen LogP contribution in [0.25, 0.3) is 0 Å². The summed E-state index contributed by atoms with van der Waals surface area (Å²) in [5.41, 5.74) is 0.479. The van der Waals surface area contributed by atoms with Crippen LogP contribution in [0, 0.1) is 11.3 Å². The van der Waals surface area contributed by atoms with Gasteiger partial charge in [0.05, 0.1) is 16.8 Å². The average molecular weight is 314 g/mol. The maximum Gasteiger partial charge on any atom is 0.496 e. The van der Waals surface area contributed by atoms with Crippen LogP contribution in [-0.2, 0) is 9.31 Å². The third kappa shape index (κ3) is 3.07. The number of pyridine rings is 1. The highest BCUT2D eigenvalue weighted by molar-refractivity contribution is 6.62. The first-order chi connectivity index (χ1) is 10.8. The minimum Gasteiger partial charge on any atom is -0.399 e. The third-order valence-electron chi connectivity index (χ3n) is 4.96. The molecule has 3 heterocycles. The van der Waals surface area contributed by atoms with Gasteiger partial charge in [0.1, 0.15) is 11.9 Å². The largest absolute Gasteiger partial charge is 0.496 e. The Kier molecular flexibility index (Phi) is 4.09. The molecule has 122 valence electrons. The fourth-order valence-electron chi connectivity index (χ4n) is 2.76. The van der Waals surface area contributed by atoms with Gasteiger partial charge in [-0.15, -0.1) is 0 Å². The van der Waals surface area contributed by atoms with Gasteiger partial charge in [0.25, 0.3) is 0 Å². The van der Waals surface area contributed by atoms with Gasteiger partial charge in [-0.2, -0.15) is 5.26 Å². The highest BCUT2D eigenvalue weighted by Gasteiger charge is 2.51. The number of nitriles is 1. The number of hydrogen-bond donors (Lipinski definition) is 2. The van der Waals surface area contributed by atoms with Gasteiger partial charge in [0.15, 0.2) is 0 Å². The monoisotopic (exact) mass is 314 g/mol. The van der Waals surface area contributed by atoms with Gasteiger partial charge in [0, 0.05) is 24.2 Å². The number of rotatable bonds is 3. The summed E-state index contributed by atoms with van der Waals surface area (Å²) in [5, 5.41) is 16.1. The molecule has 6 nitrogen and oxygen atoms in total. The van der Waals surface area contributed by atoms with E-state index in [0.29, 0.717) is 17.4 Å². The molecule has 0 amide bonds. The lowest BCUT2D eigenvalue weighted by Crippen LogP contribution is -2.41. The van der Waals surface area contributed by atoms with Crippen molar-refractivity contribution >= 4 is 18.4 Å². The molecule has 0 aliphatic carbocycles. The Balaban J connectivity index is 1.81. The first kappa shape index (κ1) is 16.3. The fraction of sp³-hybridized carbons (Fsp3) is 0.625. The van der Waals surface area contributed by atoms with Crippen molar-refractivity contribution in [2.45, 2.75) is 51.4 Å². The standard InChI is InChI=1S/C16H23BN4O2/c1-15(2)16(3,4)23-17(22-15)12-7-11(8-18)14(20-9-12)21-13-5-6-19-10-13/h7,9,13,19H,5-6,10H2,1-4H3,(H,20,21). The Morgan fingerprint density at radius 2 is 2.04 bits per heavy atom. The molecule has 0 radical (unpaired) electrons. The van der Waals surface area contributed by atoms with Crippen LogP contribution < -0.4 is 16.1 Å². The van der Waals surface area contributed by atoms with Crippen LogP contribution in [0.3, 0.4) is 0 Å². The van der Waals surface area contributed by atoms with Crippen LogP contribution in [0.1, 0.15) is 39.7 Å². The SMILES string of the molecule is CC1(C)OB(c2cnc(NC3CCNC3)c(C#N)c2)OC1(C)C. The Morgan fingerprint density at radius 1 is 1.35 bits per heavy atom. The molecule has 2 aliphatic rings. The molecule has 3 rings (SSSR count). The summed E-state index contributed by atoms with van der Waals surface area (Å²) in [7, 11) is -0.498. The van der Waals surface area contributed by atoms with Crippen molar-refractivity contribution in [2.24, 2.45) is 0 Å². The second-order valence-electron chi connectivity index (χ2n) is 7.20. The molecule has 1 aromatic rings. The molecule has 2 fully saturated rings. The zero-order chi connectivity index (χ0) is 16.7. The summed E-state index contributed by atoms with van der Waals surface area (Å²) in [5.74, 6) is 0.626. The van der Waals surface area contributed by atoms with Gasteiger partial charge in [0.2, 0.25) is 0 Å². The molecule has 1 aromatic heterocycles. The van der Waals surface area contributed by atoms with E-state index < -0.39 is 18.3 Å². The Morgan fingerprint density at radius 3 is 2.61 bits per heavy atom. The quantitative estimate of drug-likeness (QED) is 0.811.